The van der Waals surface area contributed by atoms with Crippen molar-refractivity contribution >= 4 is 11.6 Å². The number of rotatable bonds is 2. The molecule has 1 saturated carbocycles. The molecule has 1 aliphatic rings. The molecule has 0 bridgehead atoms. The van der Waals surface area contributed by atoms with Crippen molar-refractivity contribution in [2.24, 2.45) is 0 Å². The van der Waals surface area contributed by atoms with E-state index in [0.29, 0.717) is 11.2 Å². The summed E-state index contributed by atoms with van der Waals surface area (Å²) < 4.78 is 2.08. The minimum absolute atomic E-state index is 0.195. The third-order valence-electron chi connectivity index (χ3n) is 2.68. The monoisotopic (exact) mass is 199 g/mol. The molecule has 1 fully saturated rings. The predicted octanol–water partition coefficient (Wildman–Crippen LogP) is 2.56. The summed E-state index contributed by atoms with van der Waals surface area (Å²) in [7, 11) is 0. The molecule has 3 nitrogen and oxygen atoms in total. The summed E-state index contributed by atoms with van der Waals surface area (Å²) >= 11 is 6.00. The highest BCUT2D eigenvalue weighted by molar-refractivity contribution is 6.28. The van der Waals surface area contributed by atoms with Crippen LogP contribution in [-0.2, 0) is 5.54 Å². The fourth-order valence-electron chi connectivity index (χ4n) is 1.55. The van der Waals surface area contributed by atoms with E-state index >= 15 is 0 Å². The zero-order chi connectivity index (χ0) is 9.64. The van der Waals surface area contributed by atoms with Crippen molar-refractivity contribution in [1.29, 1.82) is 0 Å². The molecule has 1 aliphatic carbocycles. The van der Waals surface area contributed by atoms with Crippen LogP contribution in [0.5, 0.6) is 0 Å². The molecule has 0 aliphatic heterocycles. The van der Waals surface area contributed by atoms with Gasteiger partial charge >= 0.3 is 0 Å². The van der Waals surface area contributed by atoms with Gasteiger partial charge in [-0.3, -0.25) is 4.57 Å². The van der Waals surface area contributed by atoms with Crippen LogP contribution in [0.4, 0.5) is 0 Å². The summed E-state index contributed by atoms with van der Waals surface area (Å²) in [4.78, 5) is 0. The second-order valence-electron chi connectivity index (χ2n) is 4.31. The van der Waals surface area contributed by atoms with E-state index in [4.69, 9.17) is 11.6 Å². The average molecular weight is 200 g/mol. The molecular weight excluding hydrogens is 186 g/mol. The lowest BCUT2D eigenvalue weighted by molar-refractivity contribution is 0.494. The van der Waals surface area contributed by atoms with E-state index in [1.54, 1.807) is 0 Å². The summed E-state index contributed by atoms with van der Waals surface area (Å²) in [5.41, 5.74) is 0.195. The fourth-order valence-corrected chi connectivity index (χ4v) is 1.88. The van der Waals surface area contributed by atoms with Gasteiger partial charge in [0, 0.05) is 11.5 Å². The van der Waals surface area contributed by atoms with Crippen LogP contribution in [-0.4, -0.2) is 14.8 Å². The molecule has 13 heavy (non-hydrogen) atoms. The van der Waals surface area contributed by atoms with E-state index in [-0.39, 0.29) is 5.54 Å². The number of hydrogen-bond donors (Lipinski definition) is 0. The van der Waals surface area contributed by atoms with Crippen molar-refractivity contribution in [2.75, 3.05) is 0 Å². The van der Waals surface area contributed by atoms with Crippen LogP contribution in [0.1, 0.15) is 45.4 Å². The van der Waals surface area contributed by atoms with Gasteiger partial charge in [-0.05, 0) is 31.4 Å². The molecule has 1 aromatic rings. The number of aromatic nitrogens is 3. The van der Waals surface area contributed by atoms with Crippen molar-refractivity contribution in [3.63, 3.8) is 0 Å². The van der Waals surface area contributed by atoms with Crippen LogP contribution in [0.25, 0.3) is 0 Å². The Kier molecular flexibility index (Phi) is 1.88. The highest BCUT2D eigenvalue weighted by Gasteiger charge is 2.42. The second kappa shape index (κ2) is 2.71. The first kappa shape index (κ1) is 9.00. The standard InChI is InChI=1S/C9H14ClN3/c1-6(2)7-11-12-8(10)13(7)9(3)4-5-9/h6H,4-5H2,1-3H3. The molecule has 0 aromatic carbocycles. The molecule has 72 valence electrons. The normalized spacial score (nSPS) is 19.5. The van der Waals surface area contributed by atoms with Gasteiger partial charge in [-0.25, -0.2) is 0 Å². The Bertz CT molecular complexity index is 326. The Morgan fingerprint density at radius 2 is 2.00 bits per heavy atom. The molecule has 0 amide bonds. The first-order valence-electron chi connectivity index (χ1n) is 4.66. The quantitative estimate of drug-likeness (QED) is 0.733. The van der Waals surface area contributed by atoms with Gasteiger partial charge in [-0.1, -0.05) is 13.8 Å². The molecule has 4 heteroatoms. The van der Waals surface area contributed by atoms with Crippen LogP contribution in [0.15, 0.2) is 0 Å². The third-order valence-corrected chi connectivity index (χ3v) is 2.92. The van der Waals surface area contributed by atoms with E-state index in [0.717, 1.165) is 5.82 Å². The van der Waals surface area contributed by atoms with E-state index < -0.39 is 0 Å². The number of nitrogens with zero attached hydrogens (tertiary/aromatic N) is 3. The van der Waals surface area contributed by atoms with Crippen LogP contribution < -0.4 is 0 Å². The molecule has 2 rings (SSSR count). The maximum absolute atomic E-state index is 6.00. The Balaban J connectivity index is 2.47. The minimum atomic E-state index is 0.195. The van der Waals surface area contributed by atoms with Gasteiger partial charge < -0.3 is 0 Å². The summed E-state index contributed by atoms with van der Waals surface area (Å²) in [6, 6.07) is 0. The zero-order valence-electron chi connectivity index (χ0n) is 8.21. The molecule has 0 radical (unpaired) electrons. The second-order valence-corrected chi connectivity index (χ2v) is 4.65. The lowest BCUT2D eigenvalue weighted by atomic mass is 10.2. The van der Waals surface area contributed by atoms with Crippen molar-refractivity contribution in [1.82, 2.24) is 14.8 Å². The van der Waals surface area contributed by atoms with Gasteiger partial charge in [0.2, 0.25) is 5.28 Å². The van der Waals surface area contributed by atoms with E-state index in [1.165, 1.54) is 12.8 Å². The van der Waals surface area contributed by atoms with Crippen LogP contribution in [0.2, 0.25) is 5.28 Å². The highest BCUT2D eigenvalue weighted by atomic mass is 35.5. The van der Waals surface area contributed by atoms with Crippen LogP contribution in [0, 0.1) is 0 Å². The Morgan fingerprint density at radius 1 is 1.38 bits per heavy atom. The Labute approximate surface area is 83.1 Å². The lowest BCUT2D eigenvalue weighted by Crippen LogP contribution is -2.16. The first-order chi connectivity index (χ1) is 6.04. The van der Waals surface area contributed by atoms with E-state index in [2.05, 4.69) is 35.5 Å². The summed E-state index contributed by atoms with van der Waals surface area (Å²) in [6.07, 6.45) is 2.37. The van der Waals surface area contributed by atoms with E-state index in [9.17, 15) is 0 Å². The van der Waals surface area contributed by atoms with Crippen molar-refractivity contribution in [3.8, 4) is 0 Å². The Hall–Kier alpha value is -0.570. The molecule has 0 spiro atoms. The predicted molar refractivity (Wildman–Crippen MR) is 52.0 cm³/mol. The molecule has 0 N–H and O–H groups in total. The Morgan fingerprint density at radius 3 is 2.46 bits per heavy atom. The first-order valence-corrected chi connectivity index (χ1v) is 5.04. The van der Waals surface area contributed by atoms with Gasteiger partial charge in [0.1, 0.15) is 5.82 Å². The van der Waals surface area contributed by atoms with Gasteiger partial charge in [0.05, 0.1) is 0 Å². The molecule has 1 aromatic heterocycles. The SMILES string of the molecule is CC(C)c1nnc(Cl)n1C1(C)CC1. The van der Waals surface area contributed by atoms with Crippen LogP contribution in [0.3, 0.4) is 0 Å². The third kappa shape index (κ3) is 1.35. The maximum atomic E-state index is 6.00. The van der Waals surface area contributed by atoms with Gasteiger partial charge in [-0.2, -0.15) is 0 Å². The van der Waals surface area contributed by atoms with Gasteiger partial charge in [-0.15, -0.1) is 10.2 Å². The van der Waals surface area contributed by atoms with E-state index in [1.807, 2.05) is 0 Å². The van der Waals surface area contributed by atoms with Gasteiger partial charge in [0.25, 0.3) is 0 Å². The molecule has 0 saturated heterocycles. The smallest absolute Gasteiger partial charge is 0.225 e. The summed E-state index contributed by atoms with van der Waals surface area (Å²) in [5, 5.41) is 8.56. The fraction of sp³-hybridized carbons (Fsp3) is 0.778. The number of hydrogen-bond acceptors (Lipinski definition) is 2. The van der Waals surface area contributed by atoms with Crippen molar-refractivity contribution in [2.45, 2.75) is 45.1 Å². The maximum Gasteiger partial charge on any atom is 0.225 e. The van der Waals surface area contributed by atoms with Crippen molar-refractivity contribution < 1.29 is 0 Å². The molecule has 0 atom stereocenters. The van der Waals surface area contributed by atoms with Crippen LogP contribution >= 0.6 is 11.6 Å². The molecular formula is C9H14ClN3. The summed E-state index contributed by atoms with van der Waals surface area (Å²) in [6.45, 7) is 6.43. The van der Waals surface area contributed by atoms with Gasteiger partial charge in [0.15, 0.2) is 0 Å². The lowest BCUT2D eigenvalue weighted by Gasteiger charge is -2.15. The topological polar surface area (TPSA) is 30.7 Å². The highest BCUT2D eigenvalue weighted by Crippen LogP contribution is 2.45. The average Bonchev–Trinajstić information content (AvgIpc) is 2.62. The largest absolute Gasteiger partial charge is 0.296 e. The summed E-state index contributed by atoms with van der Waals surface area (Å²) in [5.74, 6) is 1.39. The minimum Gasteiger partial charge on any atom is -0.296 e. The number of halogens is 1. The molecule has 0 unspecified atom stereocenters. The molecule has 1 heterocycles. The van der Waals surface area contributed by atoms with Crippen molar-refractivity contribution in [3.05, 3.63) is 11.1 Å². The zero-order valence-corrected chi connectivity index (χ0v) is 8.97.